The fraction of sp³-hybridized carbons (Fsp3) is 0.194. The highest BCUT2D eigenvalue weighted by atomic mass is 32.2. The second kappa shape index (κ2) is 11.1. The molecule has 3 aromatic rings. The predicted molar refractivity (Wildman–Crippen MR) is 154 cm³/mol. The Labute approximate surface area is 227 Å². The number of carbonyl (C=O) groups is 2. The van der Waals surface area contributed by atoms with Crippen LogP contribution < -0.4 is 10.6 Å². The van der Waals surface area contributed by atoms with Crippen LogP contribution in [0, 0.1) is 6.92 Å². The topological polar surface area (TPSA) is 73.8 Å². The van der Waals surface area contributed by atoms with Crippen LogP contribution in [-0.4, -0.2) is 21.9 Å². The van der Waals surface area contributed by atoms with Gasteiger partial charge in [0, 0.05) is 11.4 Å². The molecule has 2 aliphatic rings. The largest absolute Gasteiger partial charge is 0.349 e. The van der Waals surface area contributed by atoms with E-state index in [1.165, 1.54) is 11.8 Å². The SMILES string of the molecule is CC1=C(C(=O)Nc2ccccc2)[C@@H](c2cccc(C)c2)N2C(CC(=O)N[C@H](C)c3ccccc3)=CSC2=N1. The molecule has 2 amide bonds. The summed E-state index contributed by atoms with van der Waals surface area (Å²) >= 11 is 1.48. The molecular formula is C31H30N4O2S. The number of amides is 2. The van der Waals surface area contributed by atoms with Crippen LogP contribution >= 0.6 is 11.8 Å². The van der Waals surface area contributed by atoms with Crippen LogP contribution in [0.4, 0.5) is 5.69 Å². The molecule has 6 nitrogen and oxygen atoms in total. The lowest BCUT2D eigenvalue weighted by Crippen LogP contribution is -2.39. The first-order chi connectivity index (χ1) is 18.4. The normalized spacial score (nSPS) is 17.3. The number of thioether (sulfide) groups is 1. The van der Waals surface area contributed by atoms with Gasteiger partial charge in [0.25, 0.3) is 5.91 Å². The minimum Gasteiger partial charge on any atom is -0.349 e. The van der Waals surface area contributed by atoms with Gasteiger partial charge in [0.2, 0.25) is 5.91 Å². The number of aryl methyl sites for hydroxylation is 1. The van der Waals surface area contributed by atoms with Crippen molar-refractivity contribution in [2.24, 2.45) is 4.99 Å². The molecule has 0 bridgehead atoms. The summed E-state index contributed by atoms with van der Waals surface area (Å²) in [5.74, 6) is -0.291. The van der Waals surface area contributed by atoms with E-state index in [0.29, 0.717) is 11.3 Å². The average molecular weight is 523 g/mol. The van der Waals surface area contributed by atoms with Gasteiger partial charge in [-0.25, -0.2) is 4.99 Å². The van der Waals surface area contributed by atoms with Gasteiger partial charge >= 0.3 is 0 Å². The van der Waals surface area contributed by atoms with Crippen molar-refractivity contribution < 1.29 is 9.59 Å². The highest BCUT2D eigenvalue weighted by Crippen LogP contribution is 2.45. The van der Waals surface area contributed by atoms with Crippen molar-refractivity contribution in [2.75, 3.05) is 5.32 Å². The van der Waals surface area contributed by atoms with Crippen molar-refractivity contribution in [3.05, 3.63) is 124 Å². The van der Waals surface area contributed by atoms with E-state index in [1.807, 2.05) is 110 Å². The number of fused-ring (bicyclic) bond motifs is 1. The molecular weight excluding hydrogens is 492 g/mol. The number of amidine groups is 1. The molecule has 2 heterocycles. The number of hydrogen-bond donors (Lipinski definition) is 2. The third kappa shape index (κ3) is 5.43. The molecule has 5 rings (SSSR count). The van der Waals surface area contributed by atoms with Crippen LogP contribution in [0.5, 0.6) is 0 Å². The Kier molecular flexibility index (Phi) is 7.47. The zero-order valence-corrected chi connectivity index (χ0v) is 22.5. The summed E-state index contributed by atoms with van der Waals surface area (Å²) in [7, 11) is 0. The molecule has 38 heavy (non-hydrogen) atoms. The summed E-state index contributed by atoms with van der Waals surface area (Å²) in [6, 6.07) is 26.9. The highest BCUT2D eigenvalue weighted by Gasteiger charge is 2.40. The van der Waals surface area contributed by atoms with Gasteiger partial charge in [-0.1, -0.05) is 90.1 Å². The Balaban J connectivity index is 1.44. The molecule has 0 saturated carbocycles. The van der Waals surface area contributed by atoms with E-state index in [1.54, 1.807) is 0 Å². The van der Waals surface area contributed by atoms with Crippen LogP contribution in [0.15, 0.2) is 112 Å². The lowest BCUT2D eigenvalue weighted by molar-refractivity contribution is -0.121. The molecule has 0 aliphatic carbocycles. The van der Waals surface area contributed by atoms with E-state index in [0.717, 1.165) is 33.2 Å². The Morgan fingerprint density at radius 1 is 0.974 bits per heavy atom. The maximum absolute atomic E-state index is 13.7. The van der Waals surface area contributed by atoms with Gasteiger partial charge in [0.1, 0.15) is 0 Å². The molecule has 2 N–H and O–H groups in total. The second-order valence-corrected chi connectivity index (χ2v) is 10.3. The Bertz CT molecular complexity index is 1450. The van der Waals surface area contributed by atoms with Gasteiger partial charge < -0.3 is 15.5 Å². The number of nitrogens with zero attached hydrogens (tertiary/aromatic N) is 2. The molecule has 3 aromatic carbocycles. The number of anilines is 1. The van der Waals surface area contributed by atoms with Gasteiger partial charge in [0.15, 0.2) is 5.17 Å². The first-order valence-electron chi connectivity index (χ1n) is 12.6. The fourth-order valence-corrected chi connectivity index (χ4v) is 5.78. The first kappa shape index (κ1) is 25.5. The number of benzene rings is 3. The zero-order valence-electron chi connectivity index (χ0n) is 21.6. The molecule has 2 aliphatic heterocycles. The first-order valence-corrected chi connectivity index (χ1v) is 13.5. The number of rotatable bonds is 7. The average Bonchev–Trinajstić information content (AvgIpc) is 3.30. The van der Waals surface area contributed by atoms with Gasteiger partial charge in [-0.05, 0) is 49.4 Å². The maximum atomic E-state index is 13.7. The van der Waals surface area contributed by atoms with Crippen molar-refractivity contribution >= 4 is 34.4 Å². The smallest absolute Gasteiger partial charge is 0.255 e. The number of nitrogens with one attached hydrogen (secondary N) is 2. The Hall–Kier alpha value is -4.10. The van der Waals surface area contributed by atoms with Crippen molar-refractivity contribution in [2.45, 2.75) is 39.3 Å². The third-order valence-electron chi connectivity index (χ3n) is 6.65. The lowest BCUT2D eigenvalue weighted by atomic mass is 9.92. The van der Waals surface area contributed by atoms with E-state index in [2.05, 4.69) is 16.7 Å². The zero-order chi connectivity index (χ0) is 26.6. The standard InChI is InChI=1S/C31H30N4O2S/c1-20-11-10-14-24(17-20)29-28(30(37)34-25-15-8-5-9-16-25)22(3)33-31-35(29)26(19-38-31)18-27(36)32-21(2)23-12-6-4-7-13-23/h4-17,19,21,29H,18H2,1-3H3,(H,32,36)(H,34,37)/t21-,29-/m1/s1. The van der Waals surface area contributed by atoms with Crippen LogP contribution in [0.3, 0.4) is 0 Å². The quantitative estimate of drug-likeness (QED) is 0.373. The van der Waals surface area contributed by atoms with Gasteiger partial charge in [-0.15, -0.1) is 0 Å². The van der Waals surface area contributed by atoms with Crippen molar-refractivity contribution in [1.29, 1.82) is 0 Å². The van der Waals surface area contributed by atoms with Crippen LogP contribution in [-0.2, 0) is 9.59 Å². The summed E-state index contributed by atoms with van der Waals surface area (Å²) in [6.45, 7) is 5.89. The lowest BCUT2D eigenvalue weighted by Gasteiger charge is -2.37. The van der Waals surface area contributed by atoms with E-state index in [4.69, 9.17) is 4.99 Å². The van der Waals surface area contributed by atoms with E-state index >= 15 is 0 Å². The number of allylic oxidation sites excluding steroid dienone is 1. The van der Waals surface area contributed by atoms with Crippen molar-refractivity contribution in [1.82, 2.24) is 10.2 Å². The summed E-state index contributed by atoms with van der Waals surface area (Å²) in [4.78, 5) is 33.7. The Morgan fingerprint density at radius 2 is 1.68 bits per heavy atom. The van der Waals surface area contributed by atoms with Crippen LogP contribution in [0.2, 0.25) is 0 Å². The minimum absolute atomic E-state index is 0.0843. The number of carbonyl (C=O) groups excluding carboxylic acids is 2. The number of hydrogen-bond acceptors (Lipinski definition) is 5. The summed E-state index contributed by atoms with van der Waals surface area (Å²) in [6.07, 6.45) is 0.179. The minimum atomic E-state index is -0.410. The monoisotopic (exact) mass is 522 g/mol. The number of para-hydroxylation sites is 1. The van der Waals surface area contributed by atoms with E-state index in [9.17, 15) is 9.59 Å². The predicted octanol–water partition coefficient (Wildman–Crippen LogP) is 6.48. The molecule has 0 unspecified atom stereocenters. The fourth-order valence-electron chi connectivity index (χ4n) is 4.82. The molecule has 0 fully saturated rings. The summed E-state index contributed by atoms with van der Waals surface area (Å²) in [5.41, 5.74) is 5.88. The third-order valence-corrected chi connectivity index (χ3v) is 7.54. The maximum Gasteiger partial charge on any atom is 0.255 e. The van der Waals surface area contributed by atoms with E-state index in [-0.39, 0.29) is 24.3 Å². The van der Waals surface area contributed by atoms with Gasteiger partial charge in [-0.3, -0.25) is 9.59 Å². The molecule has 0 radical (unpaired) electrons. The molecule has 7 heteroatoms. The van der Waals surface area contributed by atoms with Gasteiger partial charge in [-0.2, -0.15) is 0 Å². The van der Waals surface area contributed by atoms with Gasteiger partial charge in [0.05, 0.1) is 29.8 Å². The molecule has 192 valence electrons. The Morgan fingerprint density at radius 3 is 2.39 bits per heavy atom. The van der Waals surface area contributed by atoms with Crippen LogP contribution in [0.25, 0.3) is 0 Å². The van der Waals surface area contributed by atoms with Crippen molar-refractivity contribution in [3.8, 4) is 0 Å². The highest BCUT2D eigenvalue weighted by molar-refractivity contribution is 8.16. The second-order valence-electron chi connectivity index (χ2n) is 9.50. The van der Waals surface area contributed by atoms with Crippen LogP contribution in [0.1, 0.15) is 49.0 Å². The molecule has 0 aromatic heterocycles. The molecule has 0 saturated heterocycles. The molecule has 2 atom stereocenters. The summed E-state index contributed by atoms with van der Waals surface area (Å²) < 4.78 is 0. The summed E-state index contributed by atoms with van der Waals surface area (Å²) in [5, 5.41) is 8.89. The van der Waals surface area contributed by atoms with E-state index < -0.39 is 6.04 Å². The molecule has 0 spiro atoms. The number of aliphatic imine (C=N–C) groups is 1. The van der Waals surface area contributed by atoms with Crippen molar-refractivity contribution in [3.63, 3.8) is 0 Å².